The van der Waals surface area contributed by atoms with Gasteiger partial charge >= 0.3 is 0 Å². The largest absolute Gasteiger partial charge is 0.378 e. The van der Waals surface area contributed by atoms with E-state index in [0.717, 1.165) is 29.4 Å². The van der Waals surface area contributed by atoms with Crippen molar-refractivity contribution in [2.45, 2.75) is 6.92 Å². The number of hydrogen-bond acceptors (Lipinski definition) is 2. The van der Waals surface area contributed by atoms with E-state index in [1.165, 1.54) is 0 Å². The van der Waals surface area contributed by atoms with Gasteiger partial charge < -0.3 is 5.32 Å². The molecule has 19 heavy (non-hydrogen) atoms. The topological polar surface area (TPSA) is 29.1 Å². The van der Waals surface area contributed by atoms with Crippen molar-refractivity contribution < 1.29 is 13.6 Å². The molecule has 0 bridgehead atoms. The molecular formula is C15H13F2NO. The van der Waals surface area contributed by atoms with Gasteiger partial charge in [-0.2, -0.15) is 0 Å². The van der Waals surface area contributed by atoms with Gasteiger partial charge in [0.05, 0.1) is 12.1 Å². The molecule has 98 valence electrons. The summed E-state index contributed by atoms with van der Waals surface area (Å²) in [5.41, 5.74) is 1.63. The predicted octanol–water partition coefficient (Wildman–Crippen LogP) is 3.57. The zero-order valence-corrected chi connectivity index (χ0v) is 10.4. The summed E-state index contributed by atoms with van der Waals surface area (Å²) in [7, 11) is 0. The monoisotopic (exact) mass is 261 g/mol. The number of Topliss-reactive ketones (excluding diaryl/α,β-unsaturated/α-hetero) is 1. The quantitative estimate of drug-likeness (QED) is 0.852. The molecule has 0 saturated carbocycles. The number of benzene rings is 2. The molecule has 2 aromatic rings. The van der Waals surface area contributed by atoms with Crippen molar-refractivity contribution in [3.63, 3.8) is 0 Å². The Hall–Kier alpha value is -2.23. The number of hydrogen-bond donors (Lipinski definition) is 1. The maximum absolute atomic E-state index is 13.4. The van der Waals surface area contributed by atoms with Crippen LogP contribution in [0.3, 0.4) is 0 Å². The number of carbonyl (C=O) groups excluding carboxylic acids is 1. The molecule has 1 N–H and O–H groups in total. The van der Waals surface area contributed by atoms with Crippen LogP contribution in [0.15, 0.2) is 42.5 Å². The summed E-state index contributed by atoms with van der Waals surface area (Å²) < 4.78 is 26.4. The minimum absolute atomic E-state index is 0.0799. The number of ketones is 1. The molecule has 2 rings (SSSR count). The highest BCUT2D eigenvalue weighted by atomic mass is 19.1. The van der Waals surface area contributed by atoms with Crippen molar-refractivity contribution in [1.29, 1.82) is 0 Å². The van der Waals surface area contributed by atoms with Crippen LogP contribution >= 0.6 is 0 Å². The number of carbonyl (C=O) groups is 1. The smallest absolute Gasteiger partial charge is 0.184 e. The molecule has 0 amide bonds. The summed E-state index contributed by atoms with van der Waals surface area (Å²) in [6.07, 6.45) is 0. The average molecular weight is 261 g/mol. The third-order valence-corrected chi connectivity index (χ3v) is 2.73. The van der Waals surface area contributed by atoms with Crippen LogP contribution < -0.4 is 5.32 Å². The third kappa shape index (κ3) is 3.37. The van der Waals surface area contributed by atoms with Crippen molar-refractivity contribution in [2.75, 3.05) is 11.9 Å². The molecule has 2 aromatic carbocycles. The molecule has 0 unspecified atom stereocenters. The van der Waals surface area contributed by atoms with E-state index < -0.39 is 17.4 Å². The first-order valence-electron chi connectivity index (χ1n) is 5.85. The average Bonchev–Trinajstić information content (AvgIpc) is 2.40. The first-order valence-corrected chi connectivity index (χ1v) is 5.85. The van der Waals surface area contributed by atoms with Crippen LogP contribution in [0.2, 0.25) is 0 Å². The fraction of sp³-hybridized carbons (Fsp3) is 0.133. The number of aryl methyl sites for hydroxylation is 1. The lowest BCUT2D eigenvalue weighted by atomic mass is 10.1. The summed E-state index contributed by atoms with van der Waals surface area (Å²) in [5, 5.41) is 2.88. The molecule has 0 aliphatic rings. The fourth-order valence-electron chi connectivity index (χ4n) is 1.66. The molecule has 0 aromatic heterocycles. The highest BCUT2D eigenvalue weighted by Crippen LogP contribution is 2.12. The summed E-state index contributed by atoms with van der Waals surface area (Å²) in [6.45, 7) is 1.88. The van der Waals surface area contributed by atoms with Gasteiger partial charge in [0.1, 0.15) is 11.6 Å². The van der Waals surface area contributed by atoms with E-state index in [1.807, 2.05) is 31.2 Å². The molecule has 4 heteroatoms. The van der Waals surface area contributed by atoms with Crippen molar-refractivity contribution in [1.82, 2.24) is 0 Å². The van der Waals surface area contributed by atoms with Crippen molar-refractivity contribution in [2.24, 2.45) is 0 Å². The lowest BCUT2D eigenvalue weighted by Crippen LogP contribution is -2.15. The van der Waals surface area contributed by atoms with Gasteiger partial charge in [-0.25, -0.2) is 8.78 Å². The SMILES string of the molecule is Cc1ccc(NCC(=O)c2cc(F)ccc2F)cc1. The van der Waals surface area contributed by atoms with E-state index in [4.69, 9.17) is 0 Å². The van der Waals surface area contributed by atoms with Crippen LogP contribution in [0.25, 0.3) is 0 Å². The molecule has 0 aliphatic carbocycles. The van der Waals surface area contributed by atoms with Crippen molar-refractivity contribution in [3.8, 4) is 0 Å². The second-order valence-corrected chi connectivity index (χ2v) is 4.27. The van der Waals surface area contributed by atoms with Crippen LogP contribution in [-0.2, 0) is 0 Å². The summed E-state index contributed by atoms with van der Waals surface area (Å²) in [4.78, 5) is 11.8. The molecule has 0 spiro atoms. The second kappa shape index (κ2) is 5.61. The second-order valence-electron chi connectivity index (χ2n) is 4.27. The Labute approximate surface area is 110 Å². The van der Waals surface area contributed by atoms with Gasteiger partial charge in [0.15, 0.2) is 5.78 Å². The predicted molar refractivity (Wildman–Crippen MR) is 70.4 cm³/mol. The van der Waals surface area contributed by atoms with E-state index in [2.05, 4.69) is 5.32 Å². The zero-order valence-electron chi connectivity index (χ0n) is 10.4. The highest BCUT2D eigenvalue weighted by Gasteiger charge is 2.12. The van der Waals surface area contributed by atoms with Gasteiger partial charge in [-0.05, 0) is 37.3 Å². The van der Waals surface area contributed by atoms with Gasteiger partial charge in [0.2, 0.25) is 0 Å². The molecule has 0 radical (unpaired) electrons. The maximum atomic E-state index is 13.4. The minimum atomic E-state index is -0.711. The van der Waals surface area contributed by atoms with E-state index in [-0.39, 0.29) is 12.1 Å². The Morgan fingerprint density at radius 2 is 1.79 bits per heavy atom. The van der Waals surface area contributed by atoms with E-state index in [9.17, 15) is 13.6 Å². The minimum Gasteiger partial charge on any atom is -0.378 e. The Bertz CT molecular complexity index is 594. The van der Waals surface area contributed by atoms with E-state index in [1.54, 1.807) is 0 Å². The van der Waals surface area contributed by atoms with Gasteiger partial charge in [0.25, 0.3) is 0 Å². The lowest BCUT2D eigenvalue weighted by Gasteiger charge is -2.07. The van der Waals surface area contributed by atoms with Crippen LogP contribution in [0.5, 0.6) is 0 Å². The van der Waals surface area contributed by atoms with Gasteiger partial charge in [-0.3, -0.25) is 4.79 Å². The molecule has 0 heterocycles. The van der Waals surface area contributed by atoms with Crippen LogP contribution in [0.4, 0.5) is 14.5 Å². The molecule has 0 aliphatic heterocycles. The first-order chi connectivity index (χ1) is 9.06. The van der Waals surface area contributed by atoms with Crippen LogP contribution in [0, 0.1) is 18.6 Å². The molecular weight excluding hydrogens is 248 g/mol. The lowest BCUT2D eigenvalue weighted by molar-refractivity contribution is 0.100. The van der Waals surface area contributed by atoms with Gasteiger partial charge in [-0.1, -0.05) is 17.7 Å². The summed E-state index contributed by atoms with van der Waals surface area (Å²) >= 11 is 0. The standard InChI is InChI=1S/C15H13F2NO/c1-10-2-5-12(6-3-10)18-9-15(19)13-8-11(16)4-7-14(13)17/h2-8,18H,9H2,1H3. The number of halogens is 2. The van der Waals surface area contributed by atoms with E-state index in [0.29, 0.717) is 0 Å². The normalized spacial score (nSPS) is 10.3. The Balaban J connectivity index is 2.05. The summed E-state index contributed by atoms with van der Waals surface area (Å²) in [6, 6.07) is 10.3. The Morgan fingerprint density at radius 1 is 1.11 bits per heavy atom. The molecule has 0 atom stereocenters. The zero-order chi connectivity index (χ0) is 13.8. The van der Waals surface area contributed by atoms with Gasteiger partial charge in [0, 0.05) is 5.69 Å². The molecule has 2 nitrogen and oxygen atoms in total. The van der Waals surface area contributed by atoms with Crippen LogP contribution in [-0.4, -0.2) is 12.3 Å². The number of rotatable bonds is 4. The van der Waals surface area contributed by atoms with Crippen LogP contribution in [0.1, 0.15) is 15.9 Å². The Kier molecular flexibility index (Phi) is 3.90. The maximum Gasteiger partial charge on any atom is 0.184 e. The van der Waals surface area contributed by atoms with Crippen molar-refractivity contribution in [3.05, 3.63) is 65.2 Å². The number of nitrogens with one attached hydrogen (secondary N) is 1. The van der Waals surface area contributed by atoms with E-state index >= 15 is 0 Å². The third-order valence-electron chi connectivity index (χ3n) is 2.73. The molecule has 0 saturated heterocycles. The Morgan fingerprint density at radius 3 is 2.47 bits per heavy atom. The number of anilines is 1. The summed E-state index contributed by atoms with van der Waals surface area (Å²) in [5.74, 6) is -1.82. The fourth-order valence-corrected chi connectivity index (χ4v) is 1.66. The molecule has 0 fully saturated rings. The first kappa shape index (κ1) is 13.2. The van der Waals surface area contributed by atoms with Crippen molar-refractivity contribution >= 4 is 11.5 Å². The van der Waals surface area contributed by atoms with Gasteiger partial charge in [-0.15, -0.1) is 0 Å². The highest BCUT2D eigenvalue weighted by molar-refractivity contribution is 5.99.